The summed E-state index contributed by atoms with van der Waals surface area (Å²) in [7, 11) is 0. The molecule has 28 heavy (non-hydrogen) atoms. The number of urea groups is 1. The first-order chi connectivity index (χ1) is 13.7. The average molecular weight is 377 g/mol. The molecule has 1 aromatic heterocycles. The van der Waals surface area contributed by atoms with Gasteiger partial charge in [0.05, 0.1) is 24.5 Å². The number of rotatable bonds is 4. The average Bonchev–Trinajstić information content (AvgIpc) is 3.24. The summed E-state index contributed by atoms with van der Waals surface area (Å²) in [4.78, 5) is 14.6. The third kappa shape index (κ3) is 3.89. The lowest BCUT2D eigenvalue weighted by Gasteiger charge is -2.32. The Kier molecular flexibility index (Phi) is 5.34. The number of piperidine rings is 1. The van der Waals surface area contributed by atoms with Crippen molar-refractivity contribution in [3.8, 4) is 11.1 Å². The number of aromatic nitrogens is 3. The maximum Gasteiger partial charge on any atom is 0.321 e. The van der Waals surface area contributed by atoms with Crippen LogP contribution >= 0.6 is 0 Å². The molecule has 0 aliphatic carbocycles. The number of anilines is 1. The number of likely N-dealkylation sites (tertiary alicyclic amines) is 1. The number of hydrogen-bond acceptors (Lipinski definition) is 4. The summed E-state index contributed by atoms with van der Waals surface area (Å²) in [5, 5.41) is 20.2. The zero-order valence-electron chi connectivity index (χ0n) is 15.5. The highest BCUT2D eigenvalue weighted by Crippen LogP contribution is 2.28. The Morgan fingerprint density at radius 3 is 2.50 bits per heavy atom. The van der Waals surface area contributed by atoms with Crippen molar-refractivity contribution in [2.75, 3.05) is 18.4 Å². The minimum Gasteiger partial charge on any atom is -0.390 e. The van der Waals surface area contributed by atoms with E-state index in [1.807, 2.05) is 59.5 Å². The van der Waals surface area contributed by atoms with Gasteiger partial charge < -0.3 is 15.3 Å². The van der Waals surface area contributed by atoms with Gasteiger partial charge in [-0.25, -0.2) is 9.48 Å². The molecule has 4 rings (SSSR count). The van der Waals surface area contributed by atoms with Gasteiger partial charge in [0, 0.05) is 18.7 Å². The maximum absolute atomic E-state index is 12.8. The van der Waals surface area contributed by atoms with Crippen LogP contribution in [0.2, 0.25) is 0 Å². The van der Waals surface area contributed by atoms with Crippen LogP contribution in [0.25, 0.3) is 11.1 Å². The quantitative estimate of drug-likeness (QED) is 0.731. The van der Waals surface area contributed by atoms with Crippen LogP contribution < -0.4 is 5.32 Å². The molecule has 0 spiro atoms. The van der Waals surface area contributed by atoms with Crippen LogP contribution in [0.3, 0.4) is 0 Å². The van der Waals surface area contributed by atoms with E-state index in [0.29, 0.717) is 18.8 Å². The van der Waals surface area contributed by atoms with E-state index in [0.717, 1.165) is 29.7 Å². The fourth-order valence-electron chi connectivity index (χ4n) is 3.55. The van der Waals surface area contributed by atoms with Gasteiger partial charge in [0.15, 0.2) is 0 Å². The van der Waals surface area contributed by atoms with Gasteiger partial charge in [-0.05, 0) is 24.5 Å². The van der Waals surface area contributed by atoms with Crippen LogP contribution in [-0.2, 0) is 6.61 Å². The van der Waals surface area contributed by atoms with Crippen molar-refractivity contribution in [3.63, 3.8) is 0 Å². The first-order valence-corrected chi connectivity index (χ1v) is 9.46. The molecular formula is C21H23N5O2. The van der Waals surface area contributed by atoms with Crippen molar-refractivity contribution in [1.82, 2.24) is 19.9 Å². The minimum atomic E-state index is -0.109. The Balaban J connectivity index is 1.40. The Morgan fingerprint density at radius 2 is 1.79 bits per heavy atom. The molecule has 0 bridgehead atoms. The normalized spacial score (nSPS) is 14.8. The van der Waals surface area contributed by atoms with Crippen LogP contribution in [0.1, 0.15) is 24.6 Å². The largest absolute Gasteiger partial charge is 0.390 e. The highest BCUT2D eigenvalue weighted by Gasteiger charge is 2.25. The molecule has 1 fully saturated rings. The Hall–Kier alpha value is -3.19. The molecule has 1 aliphatic rings. The number of nitrogens with zero attached hydrogens (tertiary/aromatic N) is 4. The van der Waals surface area contributed by atoms with Crippen LogP contribution in [-0.4, -0.2) is 44.1 Å². The molecule has 2 amide bonds. The summed E-state index contributed by atoms with van der Waals surface area (Å²) in [5.74, 6) is 0. The first-order valence-electron chi connectivity index (χ1n) is 9.46. The lowest BCUT2D eigenvalue weighted by molar-refractivity contribution is 0.179. The highest BCUT2D eigenvalue weighted by atomic mass is 16.3. The monoisotopic (exact) mass is 377 g/mol. The van der Waals surface area contributed by atoms with Crippen molar-refractivity contribution in [2.45, 2.75) is 25.5 Å². The molecule has 0 atom stereocenters. The van der Waals surface area contributed by atoms with E-state index in [1.165, 1.54) is 0 Å². The fraction of sp³-hybridized carbons (Fsp3) is 0.286. The summed E-state index contributed by atoms with van der Waals surface area (Å²) in [6, 6.07) is 18.0. The van der Waals surface area contributed by atoms with Gasteiger partial charge in [0.25, 0.3) is 0 Å². The number of amides is 2. The number of carbonyl (C=O) groups is 1. The molecule has 0 saturated carbocycles. The predicted octanol–water partition coefficient (Wildman–Crippen LogP) is 3.31. The van der Waals surface area contributed by atoms with Gasteiger partial charge in [-0.2, -0.15) is 0 Å². The number of carbonyl (C=O) groups excluding carboxylic acids is 1. The molecule has 7 nitrogen and oxygen atoms in total. The predicted molar refractivity (Wildman–Crippen MR) is 107 cm³/mol. The topological polar surface area (TPSA) is 83.3 Å². The number of nitrogens with one attached hydrogen (secondary N) is 1. The van der Waals surface area contributed by atoms with E-state index in [-0.39, 0.29) is 18.7 Å². The smallest absolute Gasteiger partial charge is 0.321 e. The standard InChI is InChI=1S/C21H23N5O2/c27-15-17-14-26(24-23-17)18-10-12-25(13-11-18)21(28)22-20-9-5-4-8-19(20)16-6-2-1-3-7-16/h1-9,14,18,27H,10-13,15H2,(H,22,28). The molecule has 2 heterocycles. The van der Waals surface area contributed by atoms with Crippen LogP contribution in [0, 0.1) is 0 Å². The minimum absolute atomic E-state index is 0.0866. The van der Waals surface area contributed by atoms with Crippen LogP contribution in [0.4, 0.5) is 10.5 Å². The number of aliphatic hydroxyl groups excluding tert-OH is 1. The Morgan fingerprint density at radius 1 is 1.07 bits per heavy atom. The molecule has 0 radical (unpaired) electrons. The second-order valence-electron chi connectivity index (χ2n) is 6.91. The van der Waals surface area contributed by atoms with Crippen molar-refractivity contribution in [3.05, 3.63) is 66.5 Å². The van der Waals surface area contributed by atoms with Crippen LogP contribution in [0.15, 0.2) is 60.8 Å². The second kappa shape index (κ2) is 8.22. The highest BCUT2D eigenvalue weighted by molar-refractivity contribution is 5.94. The molecule has 3 aromatic rings. The van der Waals surface area contributed by atoms with Gasteiger partial charge >= 0.3 is 6.03 Å². The second-order valence-corrected chi connectivity index (χ2v) is 6.91. The number of aliphatic hydroxyl groups is 1. The molecule has 7 heteroatoms. The fourth-order valence-corrected chi connectivity index (χ4v) is 3.55. The molecule has 144 valence electrons. The molecule has 2 aromatic carbocycles. The van der Waals surface area contributed by atoms with Crippen molar-refractivity contribution in [2.24, 2.45) is 0 Å². The Labute approximate surface area is 163 Å². The van der Waals surface area contributed by atoms with E-state index in [2.05, 4.69) is 15.6 Å². The summed E-state index contributed by atoms with van der Waals surface area (Å²) < 4.78 is 1.80. The summed E-state index contributed by atoms with van der Waals surface area (Å²) in [5.41, 5.74) is 3.45. The van der Waals surface area contributed by atoms with Gasteiger partial charge in [-0.3, -0.25) is 0 Å². The number of benzene rings is 2. The number of hydrogen-bond donors (Lipinski definition) is 2. The Bertz CT molecular complexity index is 933. The molecular weight excluding hydrogens is 354 g/mol. The molecule has 1 aliphatic heterocycles. The van der Waals surface area contributed by atoms with Crippen molar-refractivity contribution in [1.29, 1.82) is 0 Å². The molecule has 1 saturated heterocycles. The van der Waals surface area contributed by atoms with Gasteiger partial charge in [0.1, 0.15) is 5.69 Å². The number of para-hydroxylation sites is 1. The van der Waals surface area contributed by atoms with Gasteiger partial charge in [-0.15, -0.1) is 5.10 Å². The van der Waals surface area contributed by atoms with Gasteiger partial charge in [-0.1, -0.05) is 53.7 Å². The third-order valence-corrected chi connectivity index (χ3v) is 5.10. The SMILES string of the molecule is O=C(Nc1ccccc1-c1ccccc1)N1CCC(n2cc(CO)nn2)CC1. The lowest BCUT2D eigenvalue weighted by Crippen LogP contribution is -2.41. The van der Waals surface area contributed by atoms with Crippen molar-refractivity contribution >= 4 is 11.7 Å². The lowest BCUT2D eigenvalue weighted by atomic mass is 10.0. The first kappa shape index (κ1) is 18.2. The zero-order valence-corrected chi connectivity index (χ0v) is 15.5. The third-order valence-electron chi connectivity index (χ3n) is 5.10. The zero-order chi connectivity index (χ0) is 19.3. The van der Waals surface area contributed by atoms with Crippen molar-refractivity contribution < 1.29 is 9.90 Å². The summed E-state index contributed by atoms with van der Waals surface area (Å²) in [6.07, 6.45) is 3.39. The summed E-state index contributed by atoms with van der Waals surface area (Å²) in [6.45, 7) is 1.19. The van der Waals surface area contributed by atoms with E-state index in [4.69, 9.17) is 5.11 Å². The van der Waals surface area contributed by atoms with E-state index in [1.54, 1.807) is 10.9 Å². The maximum atomic E-state index is 12.8. The van der Waals surface area contributed by atoms with Crippen LogP contribution in [0.5, 0.6) is 0 Å². The van der Waals surface area contributed by atoms with E-state index >= 15 is 0 Å². The van der Waals surface area contributed by atoms with E-state index < -0.39 is 0 Å². The summed E-state index contributed by atoms with van der Waals surface area (Å²) >= 11 is 0. The van der Waals surface area contributed by atoms with E-state index in [9.17, 15) is 4.79 Å². The molecule has 0 unspecified atom stereocenters. The molecule has 2 N–H and O–H groups in total. The van der Waals surface area contributed by atoms with Gasteiger partial charge in [0.2, 0.25) is 0 Å².